The van der Waals surface area contributed by atoms with Crippen LogP contribution in [-0.2, 0) is 0 Å². The Morgan fingerprint density at radius 3 is 1.24 bits per heavy atom. The first-order valence-electron chi connectivity index (χ1n) is 8.17. The molecule has 0 aliphatic carbocycles. The summed E-state index contributed by atoms with van der Waals surface area (Å²) < 4.78 is 0. The molecule has 0 aromatic rings. The van der Waals surface area contributed by atoms with Crippen LogP contribution in [-0.4, -0.2) is 65.4 Å². The Labute approximate surface area is 131 Å². The summed E-state index contributed by atoms with van der Waals surface area (Å²) in [6.45, 7) is 14.8. The highest BCUT2D eigenvalue weighted by Crippen LogP contribution is 1.82. The Bertz CT molecular complexity index is 164. The molecule has 128 valence electrons. The maximum atomic E-state index is 5.35. The van der Waals surface area contributed by atoms with Gasteiger partial charge in [-0.2, -0.15) is 0 Å². The lowest BCUT2D eigenvalue weighted by molar-refractivity contribution is 0.569. The quantitative estimate of drug-likeness (QED) is 0.176. The van der Waals surface area contributed by atoms with Crippen LogP contribution >= 0.6 is 0 Å². The van der Waals surface area contributed by atoms with Gasteiger partial charge in [0.15, 0.2) is 0 Å². The molecule has 0 bridgehead atoms. The molecule has 0 aliphatic rings. The van der Waals surface area contributed by atoms with E-state index in [4.69, 9.17) is 11.5 Å². The summed E-state index contributed by atoms with van der Waals surface area (Å²) in [5.74, 6) is 0. The highest BCUT2D eigenvalue weighted by Gasteiger charge is 1.89. The van der Waals surface area contributed by atoms with Gasteiger partial charge in [0, 0.05) is 65.4 Å². The van der Waals surface area contributed by atoms with Crippen LogP contribution in [0.15, 0.2) is 12.7 Å². The number of hydrogen-bond acceptors (Lipinski definition) is 6. The van der Waals surface area contributed by atoms with Gasteiger partial charge in [0.05, 0.1) is 0 Å². The van der Waals surface area contributed by atoms with Crippen LogP contribution in [0, 0.1) is 0 Å². The molecule has 0 radical (unpaired) electrons. The minimum Gasteiger partial charge on any atom is -0.329 e. The van der Waals surface area contributed by atoms with Crippen molar-refractivity contribution in [3.63, 3.8) is 0 Å². The van der Waals surface area contributed by atoms with Crippen molar-refractivity contribution in [1.29, 1.82) is 0 Å². The molecule has 0 aromatic heterocycles. The Hall–Kier alpha value is -0.500. The van der Waals surface area contributed by atoms with Crippen LogP contribution in [0.3, 0.4) is 0 Å². The smallest absolute Gasteiger partial charge is 0.00772 e. The number of rotatable bonds is 15. The maximum Gasteiger partial charge on any atom is 0.00772 e. The second kappa shape index (κ2) is 24.5. The van der Waals surface area contributed by atoms with E-state index in [1.807, 2.05) is 6.08 Å². The maximum absolute atomic E-state index is 5.35. The van der Waals surface area contributed by atoms with Crippen molar-refractivity contribution in [2.75, 3.05) is 65.4 Å². The van der Waals surface area contributed by atoms with E-state index in [0.717, 1.165) is 58.8 Å². The van der Waals surface area contributed by atoms with Crippen molar-refractivity contribution in [3.05, 3.63) is 12.7 Å². The molecule has 0 saturated carbocycles. The van der Waals surface area contributed by atoms with E-state index in [9.17, 15) is 0 Å². The standard InChI is InChI=1S/C10H28N6.C5H10/c11-1-3-13-5-7-15-9-10-16-8-6-14-4-2-12;1-3-5-4-2/h13-16H,1-12H2;3H,1,4-5H2,2H3. The van der Waals surface area contributed by atoms with Crippen LogP contribution in [0.4, 0.5) is 0 Å². The zero-order valence-corrected chi connectivity index (χ0v) is 13.9. The average molecular weight is 303 g/mol. The highest BCUT2D eigenvalue weighted by molar-refractivity contribution is 4.63. The summed E-state index contributed by atoms with van der Waals surface area (Å²) in [6, 6.07) is 0. The van der Waals surface area contributed by atoms with Crippen molar-refractivity contribution < 1.29 is 0 Å². The van der Waals surface area contributed by atoms with Crippen LogP contribution in [0.25, 0.3) is 0 Å². The summed E-state index contributed by atoms with van der Waals surface area (Å²) >= 11 is 0. The van der Waals surface area contributed by atoms with Gasteiger partial charge in [0.25, 0.3) is 0 Å². The minimum atomic E-state index is 0.706. The zero-order chi connectivity index (χ0) is 16.0. The monoisotopic (exact) mass is 302 g/mol. The van der Waals surface area contributed by atoms with Gasteiger partial charge < -0.3 is 32.7 Å². The van der Waals surface area contributed by atoms with E-state index < -0.39 is 0 Å². The fourth-order valence-corrected chi connectivity index (χ4v) is 1.44. The van der Waals surface area contributed by atoms with Gasteiger partial charge in [-0.25, -0.2) is 0 Å². The molecule has 6 heteroatoms. The molecule has 8 N–H and O–H groups in total. The number of nitrogens with one attached hydrogen (secondary N) is 4. The van der Waals surface area contributed by atoms with Crippen LogP contribution in [0.5, 0.6) is 0 Å². The van der Waals surface area contributed by atoms with Gasteiger partial charge >= 0.3 is 0 Å². The number of unbranched alkanes of at least 4 members (excludes halogenated alkanes) is 1. The van der Waals surface area contributed by atoms with Gasteiger partial charge in [-0.1, -0.05) is 19.4 Å². The molecule has 0 aliphatic heterocycles. The Balaban J connectivity index is 0. The molecule has 0 unspecified atom stereocenters. The van der Waals surface area contributed by atoms with E-state index in [-0.39, 0.29) is 0 Å². The predicted molar refractivity (Wildman–Crippen MR) is 94.7 cm³/mol. The molecular weight excluding hydrogens is 264 g/mol. The third-order valence-electron chi connectivity index (χ3n) is 2.57. The molecule has 0 aromatic carbocycles. The Morgan fingerprint density at radius 2 is 1.05 bits per heavy atom. The first kappa shape index (κ1) is 22.8. The van der Waals surface area contributed by atoms with Crippen molar-refractivity contribution in [3.8, 4) is 0 Å². The molecule has 0 amide bonds. The van der Waals surface area contributed by atoms with Crippen LogP contribution in [0.2, 0.25) is 0 Å². The molecule has 0 rings (SSSR count). The minimum absolute atomic E-state index is 0.706. The van der Waals surface area contributed by atoms with Crippen molar-refractivity contribution in [2.45, 2.75) is 19.8 Å². The molecule has 21 heavy (non-hydrogen) atoms. The van der Waals surface area contributed by atoms with Gasteiger partial charge in [-0.15, -0.1) is 6.58 Å². The number of allylic oxidation sites excluding steroid dienone is 1. The van der Waals surface area contributed by atoms with Crippen molar-refractivity contribution >= 4 is 0 Å². The normalized spacial score (nSPS) is 10.0. The first-order chi connectivity index (χ1) is 10.3. The largest absolute Gasteiger partial charge is 0.329 e. The van der Waals surface area contributed by atoms with Gasteiger partial charge in [-0.05, 0) is 6.42 Å². The number of hydrogen-bond donors (Lipinski definition) is 6. The molecule has 0 heterocycles. The summed E-state index contributed by atoms with van der Waals surface area (Å²) in [5.41, 5.74) is 10.7. The average Bonchev–Trinajstić information content (AvgIpc) is 2.50. The second-order valence-electron chi connectivity index (χ2n) is 4.65. The number of nitrogens with two attached hydrogens (primary N) is 2. The molecule has 0 atom stereocenters. The first-order valence-corrected chi connectivity index (χ1v) is 8.17. The summed E-state index contributed by atoms with van der Waals surface area (Å²) in [6.07, 6.45) is 4.31. The lowest BCUT2D eigenvalue weighted by atomic mass is 10.3. The molecule has 0 fully saturated rings. The highest BCUT2D eigenvalue weighted by atomic mass is 15.0. The second-order valence-corrected chi connectivity index (χ2v) is 4.65. The zero-order valence-electron chi connectivity index (χ0n) is 13.9. The summed E-state index contributed by atoms with van der Waals surface area (Å²) in [5, 5.41) is 13.1. The van der Waals surface area contributed by atoms with Crippen LogP contribution < -0.4 is 32.7 Å². The predicted octanol–water partition coefficient (Wildman–Crippen LogP) is -0.765. The van der Waals surface area contributed by atoms with Crippen molar-refractivity contribution in [2.24, 2.45) is 11.5 Å². The molecule has 0 spiro atoms. The van der Waals surface area contributed by atoms with E-state index in [0.29, 0.717) is 13.1 Å². The van der Waals surface area contributed by atoms with E-state index >= 15 is 0 Å². The Kier molecular flexibility index (Phi) is 26.6. The van der Waals surface area contributed by atoms with E-state index in [1.165, 1.54) is 6.42 Å². The third-order valence-corrected chi connectivity index (χ3v) is 2.57. The molecule has 6 nitrogen and oxygen atoms in total. The lowest BCUT2D eigenvalue weighted by Crippen LogP contribution is -2.36. The SMILES string of the molecule is C=CCCC.NCCNCCNCCNCCNCCN. The van der Waals surface area contributed by atoms with E-state index in [1.54, 1.807) is 0 Å². The summed E-state index contributed by atoms with van der Waals surface area (Å²) in [4.78, 5) is 0. The molecular formula is C15H38N6. The molecule has 0 saturated heterocycles. The third kappa shape index (κ3) is 28.4. The fourth-order valence-electron chi connectivity index (χ4n) is 1.44. The fraction of sp³-hybridized carbons (Fsp3) is 0.867. The summed E-state index contributed by atoms with van der Waals surface area (Å²) in [7, 11) is 0. The Morgan fingerprint density at radius 1 is 0.714 bits per heavy atom. The van der Waals surface area contributed by atoms with Gasteiger partial charge in [-0.3, -0.25) is 0 Å². The van der Waals surface area contributed by atoms with Crippen LogP contribution in [0.1, 0.15) is 19.8 Å². The lowest BCUT2D eigenvalue weighted by Gasteiger charge is -2.07. The van der Waals surface area contributed by atoms with Gasteiger partial charge in [0.1, 0.15) is 0 Å². The van der Waals surface area contributed by atoms with Crippen molar-refractivity contribution in [1.82, 2.24) is 21.3 Å². The van der Waals surface area contributed by atoms with E-state index in [2.05, 4.69) is 34.8 Å². The topological polar surface area (TPSA) is 100 Å². The van der Waals surface area contributed by atoms with Gasteiger partial charge in [0.2, 0.25) is 0 Å².